The van der Waals surface area contributed by atoms with E-state index in [2.05, 4.69) is 20.9 Å². The van der Waals surface area contributed by atoms with Crippen LogP contribution in [0.4, 0.5) is 0 Å². The van der Waals surface area contributed by atoms with E-state index in [1.165, 1.54) is 0 Å². The van der Waals surface area contributed by atoms with Crippen molar-refractivity contribution in [1.29, 1.82) is 0 Å². The lowest BCUT2D eigenvalue weighted by Crippen LogP contribution is -2.17. The van der Waals surface area contributed by atoms with Gasteiger partial charge in [0.2, 0.25) is 0 Å². The molecule has 0 bridgehead atoms. The van der Waals surface area contributed by atoms with E-state index in [1.54, 1.807) is 6.07 Å². The third-order valence-corrected chi connectivity index (χ3v) is 4.62. The first-order chi connectivity index (χ1) is 8.93. The number of rotatable bonds is 3. The Bertz CT molecular complexity index is 691. The number of pyridine rings is 1. The molecule has 2 aromatic heterocycles. The van der Waals surface area contributed by atoms with Gasteiger partial charge in [0.15, 0.2) is 5.58 Å². The average Bonchev–Trinajstić information content (AvgIpc) is 3.04. The maximum atomic E-state index is 11.2. The van der Waals surface area contributed by atoms with Crippen molar-refractivity contribution in [3.8, 4) is 0 Å². The summed E-state index contributed by atoms with van der Waals surface area (Å²) in [6.45, 7) is 1.89. The summed E-state index contributed by atoms with van der Waals surface area (Å²) in [5.41, 5.74) is 1.55. The van der Waals surface area contributed by atoms with Crippen molar-refractivity contribution in [2.24, 2.45) is 5.41 Å². The predicted octanol–water partition coefficient (Wildman–Crippen LogP) is 3.96. The largest absolute Gasteiger partial charge is 0.481 e. The maximum absolute atomic E-state index is 11.2. The minimum atomic E-state index is -0.762. The number of halogens is 2. The number of hydrogen-bond donors (Lipinski definition) is 1. The quantitative estimate of drug-likeness (QED) is 0.856. The monoisotopic (exact) mass is 343 g/mol. The van der Waals surface area contributed by atoms with Crippen molar-refractivity contribution in [2.45, 2.75) is 26.2 Å². The van der Waals surface area contributed by atoms with Gasteiger partial charge in [-0.05, 0) is 47.3 Å². The molecule has 0 radical (unpaired) electrons. The standard InChI is InChI=1S/C13H11BrClNO3/c1-6-4-8(15)16-10-9(14)7(19-11(6)10)5-13(2-3-13)12(17)18/h4H,2-3,5H2,1H3,(H,17,18). The molecule has 6 heteroatoms. The Labute approximate surface area is 122 Å². The van der Waals surface area contributed by atoms with Crippen LogP contribution in [0.5, 0.6) is 0 Å². The van der Waals surface area contributed by atoms with Crippen LogP contribution in [0.3, 0.4) is 0 Å². The van der Waals surface area contributed by atoms with E-state index in [1.807, 2.05) is 6.92 Å². The molecule has 0 spiro atoms. The van der Waals surface area contributed by atoms with Gasteiger partial charge in [-0.2, -0.15) is 0 Å². The van der Waals surface area contributed by atoms with Crippen LogP contribution in [0, 0.1) is 12.3 Å². The van der Waals surface area contributed by atoms with E-state index in [9.17, 15) is 9.90 Å². The molecule has 0 aliphatic heterocycles. The SMILES string of the molecule is Cc1cc(Cl)nc2c(Br)c(CC3(C(=O)O)CC3)oc12. The van der Waals surface area contributed by atoms with Gasteiger partial charge >= 0.3 is 5.97 Å². The van der Waals surface area contributed by atoms with Crippen LogP contribution in [0.15, 0.2) is 15.0 Å². The van der Waals surface area contributed by atoms with Crippen molar-refractivity contribution in [3.05, 3.63) is 27.0 Å². The highest BCUT2D eigenvalue weighted by molar-refractivity contribution is 9.10. The number of aliphatic carboxylic acids is 1. The van der Waals surface area contributed by atoms with Crippen LogP contribution in [-0.4, -0.2) is 16.1 Å². The van der Waals surface area contributed by atoms with Crippen molar-refractivity contribution < 1.29 is 14.3 Å². The number of aryl methyl sites for hydroxylation is 1. The summed E-state index contributed by atoms with van der Waals surface area (Å²) in [4.78, 5) is 15.5. The van der Waals surface area contributed by atoms with Crippen LogP contribution in [-0.2, 0) is 11.2 Å². The van der Waals surface area contributed by atoms with Crippen molar-refractivity contribution in [2.75, 3.05) is 0 Å². The zero-order valence-electron chi connectivity index (χ0n) is 10.2. The predicted molar refractivity (Wildman–Crippen MR) is 74.5 cm³/mol. The third-order valence-electron chi connectivity index (χ3n) is 3.61. The lowest BCUT2D eigenvalue weighted by molar-refractivity contribution is -0.143. The zero-order valence-corrected chi connectivity index (χ0v) is 12.5. The second kappa shape index (κ2) is 4.21. The lowest BCUT2D eigenvalue weighted by Gasteiger charge is -2.06. The minimum absolute atomic E-state index is 0.385. The lowest BCUT2D eigenvalue weighted by atomic mass is 10.0. The van der Waals surface area contributed by atoms with Gasteiger partial charge < -0.3 is 9.52 Å². The van der Waals surface area contributed by atoms with Crippen molar-refractivity contribution in [1.82, 2.24) is 4.98 Å². The molecule has 100 valence electrons. The van der Waals surface area contributed by atoms with Gasteiger partial charge in [-0.25, -0.2) is 4.98 Å². The highest BCUT2D eigenvalue weighted by Crippen LogP contribution is 2.50. The van der Waals surface area contributed by atoms with Crippen molar-refractivity contribution in [3.63, 3.8) is 0 Å². The number of hydrogen-bond acceptors (Lipinski definition) is 3. The van der Waals surface area contributed by atoms with E-state index >= 15 is 0 Å². The Morgan fingerprint density at radius 3 is 2.89 bits per heavy atom. The zero-order chi connectivity index (χ0) is 13.8. The smallest absolute Gasteiger partial charge is 0.310 e. The first-order valence-corrected chi connectivity index (χ1v) is 7.07. The molecular weight excluding hydrogens is 334 g/mol. The summed E-state index contributed by atoms with van der Waals surface area (Å²) in [6.07, 6.45) is 1.77. The van der Waals surface area contributed by atoms with Gasteiger partial charge in [0.25, 0.3) is 0 Å². The number of furan rings is 1. The number of carbonyl (C=O) groups is 1. The molecule has 3 rings (SSSR count). The molecule has 1 saturated carbocycles. The van der Waals surface area contributed by atoms with Crippen LogP contribution in [0.1, 0.15) is 24.2 Å². The van der Waals surface area contributed by atoms with E-state index in [-0.39, 0.29) is 0 Å². The van der Waals surface area contributed by atoms with Crippen LogP contribution in [0.25, 0.3) is 11.1 Å². The van der Waals surface area contributed by atoms with E-state index < -0.39 is 11.4 Å². The van der Waals surface area contributed by atoms with Crippen LogP contribution >= 0.6 is 27.5 Å². The highest BCUT2D eigenvalue weighted by atomic mass is 79.9. The molecule has 2 aromatic rings. The second-order valence-electron chi connectivity index (χ2n) is 5.04. The fourth-order valence-corrected chi connectivity index (χ4v) is 2.97. The Morgan fingerprint density at radius 1 is 1.63 bits per heavy atom. The Kier molecular flexibility index (Phi) is 2.87. The Morgan fingerprint density at radius 2 is 2.32 bits per heavy atom. The Hall–Kier alpha value is -1.07. The topological polar surface area (TPSA) is 63.3 Å². The normalized spacial score (nSPS) is 16.8. The van der Waals surface area contributed by atoms with E-state index in [0.29, 0.717) is 45.7 Å². The minimum Gasteiger partial charge on any atom is -0.481 e. The maximum Gasteiger partial charge on any atom is 0.310 e. The van der Waals surface area contributed by atoms with Gasteiger partial charge in [-0.15, -0.1) is 0 Å². The van der Waals surface area contributed by atoms with Gasteiger partial charge in [-0.3, -0.25) is 4.79 Å². The first kappa shape index (κ1) is 12.9. The number of carboxylic acids is 1. The summed E-state index contributed by atoms with van der Waals surface area (Å²) >= 11 is 9.38. The molecule has 0 aromatic carbocycles. The molecule has 4 nitrogen and oxygen atoms in total. The summed E-state index contributed by atoms with van der Waals surface area (Å²) < 4.78 is 6.49. The Balaban J connectivity index is 2.08. The molecule has 2 heterocycles. The number of carboxylic acid groups (broad SMARTS) is 1. The number of nitrogens with zero attached hydrogens (tertiary/aromatic N) is 1. The summed E-state index contributed by atoms with van der Waals surface area (Å²) in [7, 11) is 0. The van der Waals surface area contributed by atoms with Gasteiger partial charge in [0.05, 0.1) is 9.89 Å². The molecule has 1 aliphatic rings. The van der Waals surface area contributed by atoms with E-state index in [4.69, 9.17) is 16.0 Å². The average molecular weight is 345 g/mol. The van der Waals surface area contributed by atoms with Gasteiger partial charge in [0.1, 0.15) is 16.4 Å². The summed E-state index contributed by atoms with van der Waals surface area (Å²) in [6, 6.07) is 1.73. The molecule has 0 saturated heterocycles. The summed E-state index contributed by atoms with van der Waals surface area (Å²) in [5.74, 6) is -0.129. The first-order valence-electron chi connectivity index (χ1n) is 5.90. The molecule has 1 N–H and O–H groups in total. The van der Waals surface area contributed by atoms with Gasteiger partial charge in [-0.1, -0.05) is 11.6 Å². The molecular formula is C13H11BrClNO3. The van der Waals surface area contributed by atoms with Gasteiger partial charge in [0, 0.05) is 6.42 Å². The molecule has 0 atom stereocenters. The highest BCUT2D eigenvalue weighted by Gasteiger charge is 2.51. The fraction of sp³-hybridized carbons (Fsp3) is 0.385. The molecule has 0 amide bonds. The molecule has 1 fully saturated rings. The molecule has 1 aliphatic carbocycles. The third kappa shape index (κ3) is 2.05. The number of aromatic nitrogens is 1. The van der Waals surface area contributed by atoms with Crippen molar-refractivity contribution >= 4 is 44.6 Å². The summed E-state index contributed by atoms with van der Waals surface area (Å²) in [5, 5.41) is 9.64. The van der Waals surface area contributed by atoms with Crippen LogP contribution in [0.2, 0.25) is 5.15 Å². The fourth-order valence-electron chi connectivity index (χ4n) is 2.24. The van der Waals surface area contributed by atoms with Crippen LogP contribution < -0.4 is 0 Å². The number of fused-ring (bicyclic) bond motifs is 1. The van der Waals surface area contributed by atoms with E-state index in [0.717, 1.165) is 5.56 Å². The molecule has 0 unspecified atom stereocenters. The second-order valence-corrected chi connectivity index (χ2v) is 6.22. The molecule has 19 heavy (non-hydrogen) atoms.